The van der Waals surface area contributed by atoms with E-state index in [2.05, 4.69) is 10.6 Å². The minimum atomic E-state index is -0.748. The van der Waals surface area contributed by atoms with E-state index in [9.17, 15) is 23.2 Å². The van der Waals surface area contributed by atoms with Crippen LogP contribution in [0.1, 0.15) is 24.0 Å². The van der Waals surface area contributed by atoms with E-state index in [1.165, 1.54) is 36.4 Å². The second kappa shape index (κ2) is 8.78. The number of nitrogens with one attached hydrogen (secondary N) is 2. The zero-order valence-electron chi connectivity index (χ0n) is 17.5. The van der Waals surface area contributed by atoms with Gasteiger partial charge in [0.05, 0.1) is 5.69 Å². The standard InChI is InChI=1S/C23H22F2N4O3/c1-14-10-20(28-8-2-3-9-28)18(25)11-15(14)12-19-22(31)29(23(32)27-19)13-21(30)26-17-6-4-16(24)5-7-17/h4-7,10-12H,2-3,8-9,13H2,1H3,(H,26,30)(H,27,32)/b19-12-. The van der Waals surface area contributed by atoms with Gasteiger partial charge in [-0.25, -0.2) is 18.5 Å². The summed E-state index contributed by atoms with van der Waals surface area (Å²) in [5.41, 5.74) is 2.05. The van der Waals surface area contributed by atoms with Crippen LogP contribution in [0.15, 0.2) is 42.1 Å². The van der Waals surface area contributed by atoms with E-state index in [-0.39, 0.29) is 5.70 Å². The number of rotatable bonds is 5. The molecule has 2 heterocycles. The van der Waals surface area contributed by atoms with Gasteiger partial charge < -0.3 is 15.5 Å². The van der Waals surface area contributed by atoms with Crippen molar-refractivity contribution in [2.45, 2.75) is 19.8 Å². The van der Waals surface area contributed by atoms with Gasteiger partial charge >= 0.3 is 6.03 Å². The number of carbonyl (C=O) groups is 3. The average Bonchev–Trinajstić information content (AvgIpc) is 3.37. The van der Waals surface area contributed by atoms with Crippen LogP contribution in [0, 0.1) is 18.6 Å². The van der Waals surface area contributed by atoms with Crippen LogP contribution in [0.2, 0.25) is 0 Å². The van der Waals surface area contributed by atoms with Crippen LogP contribution in [0.4, 0.5) is 25.0 Å². The number of halogens is 2. The minimum absolute atomic E-state index is 0.0407. The smallest absolute Gasteiger partial charge is 0.329 e. The van der Waals surface area contributed by atoms with Gasteiger partial charge in [-0.1, -0.05) is 0 Å². The number of benzene rings is 2. The average molecular weight is 440 g/mol. The number of urea groups is 1. The van der Waals surface area contributed by atoms with Crippen LogP contribution in [0.3, 0.4) is 0 Å². The zero-order chi connectivity index (χ0) is 22.8. The fourth-order valence-electron chi connectivity index (χ4n) is 3.79. The van der Waals surface area contributed by atoms with Gasteiger partial charge in [-0.2, -0.15) is 0 Å². The second-order valence-electron chi connectivity index (χ2n) is 7.79. The van der Waals surface area contributed by atoms with E-state index in [0.717, 1.165) is 36.4 Å². The topological polar surface area (TPSA) is 81.8 Å². The van der Waals surface area contributed by atoms with E-state index in [0.29, 0.717) is 16.9 Å². The fraction of sp³-hybridized carbons (Fsp3) is 0.261. The molecule has 2 aliphatic heterocycles. The van der Waals surface area contributed by atoms with Crippen LogP contribution in [-0.2, 0) is 9.59 Å². The van der Waals surface area contributed by atoms with Crippen molar-refractivity contribution in [1.82, 2.24) is 10.2 Å². The maximum Gasteiger partial charge on any atom is 0.329 e. The summed E-state index contributed by atoms with van der Waals surface area (Å²) in [7, 11) is 0. The number of hydrogen-bond donors (Lipinski definition) is 2. The number of carbonyl (C=O) groups excluding carboxylic acids is 3. The lowest BCUT2D eigenvalue weighted by Gasteiger charge is -2.19. The van der Waals surface area contributed by atoms with Crippen molar-refractivity contribution in [3.63, 3.8) is 0 Å². The van der Waals surface area contributed by atoms with Crippen molar-refractivity contribution in [3.8, 4) is 0 Å². The summed E-state index contributed by atoms with van der Waals surface area (Å²) in [6, 6.07) is 7.44. The Kier molecular flexibility index (Phi) is 5.89. The lowest BCUT2D eigenvalue weighted by atomic mass is 10.1. The molecule has 166 valence electrons. The molecule has 0 atom stereocenters. The monoisotopic (exact) mass is 440 g/mol. The predicted octanol–water partition coefficient (Wildman–Crippen LogP) is 3.40. The van der Waals surface area contributed by atoms with E-state index < -0.39 is 36.0 Å². The summed E-state index contributed by atoms with van der Waals surface area (Å²) < 4.78 is 27.7. The number of aryl methyl sites for hydroxylation is 1. The Labute approximate surface area is 183 Å². The Morgan fingerprint density at radius 3 is 2.50 bits per heavy atom. The number of nitrogens with zero attached hydrogens (tertiary/aromatic N) is 2. The molecule has 0 saturated carbocycles. The molecule has 0 radical (unpaired) electrons. The molecule has 0 unspecified atom stereocenters. The first-order valence-corrected chi connectivity index (χ1v) is 10.3. The van der Waals surface area contributed by atoms with E-state index in [1.54, 1.807) is 13.0 Å². The summed E-state index contributed by atoms with van der Waals surface area (Å²) in [6.07, 6.45) is 3.45. The third-order valence-electron chi connectivity index (χ3n) is 5.47. The Morgan fingerprint density at radius 1 is 1.12 bits per heavy atom. The first kappa shape index (κ1) is 21.5. The molecule has 4 rings (SSSR count). The molecule has 2 N–H and O–H groups in total. The van der Waals surface area contributed by atoms with Crippen LogP contribution < -0.4 is 15.5 Å². The molecular weight excluding hydrogens is 418 g/mol. The zero-order valence-corrected chi connectivity index (χ0v) is 17.5. The van der Waals surface area contributed by atoms with Gasteiger partial charge in [0.1, 0.15) is 23.9 Å². The summed E-state index contributed by atoms with van der Waals surface area (Å²) in [4.78, 5) is 39.9. The molecule has 0 aromatic heterocycles. The molecule has 7 nitrogen and oxygen atoms in total. The highest BCUT2D eigenvalue weighted by Gasteiger charge is 2.35. The molecule has 2 fully saturated rings. The molecule has 2 saturated heterocycles. The van der Waals surface area contributed by atoms with Crippen molar-refractivity contribution >= 4 is 35.3 Å². The van der Waals surface area contributed by atoms with Gasteiger partial charge in [0.2, 0.25) is 5.91 Å². The predicted molar refractivity (Wildman–Crippen MR) is 116 cm³/mol. The van der Waals surface area contributed by atoms with Crippen LogP contribution in [0.25, 0.3) is 6.08 Å². The van der Waals surface area contributed by atoms with Crippen molar-refractivity contribution in [1.29, 1.82) is 0 Å². The van der Waals surface area contributed by atoms with Crippen LogP contribution in [-0.4, -0.2) is 42.4 Å². The maximum atomic E-state index is 14.7. The lowest BCUT2D eigenvalue weighted by Crippen LogP contribution is -2.38. The lowest BCUT2D eigenvalue weighted by molar-refractivity contribution is -0.127. The molecule has 0 aliphatic carbocycles. The Hall–Kier alpha value is -3.75. The van der Waals surface area contributed by atoms with E-state index in [1.807, 2.05) is 4.90 Å². The summed E-state index contributed by atoms with van der Waals surface area (Å²) in [5.74, 6) is -2.14. The SMILES string of the molecule is Cc1cc(N2CCCC2)c(F)cc1/C=C1\NC(=O)N(CC(=O)Nc2ccc(F)cc2)C1=O. The molecular formula is C23H22F2N4O3. The molecule has 2 aliphatic rings. The summed E-state index contributed by atoms with van der Waals surface area (Å²) >= 11 is 0. The van der Waals surface area contributed by atoms with Crippen LogP contribution >= 0.6 is 0 Å². The van der Waals surface area contributed by atoms with Crippen molar-refractivity contribution in [2.75, 3.05) is 29.9 Å². The third-order valence-corrected chi connectivity index (χ3v) is 5.47. The maximum absolute atomic E-state index is 14.7. The van der Waals surface area contributed by atoms with Gasteiger partial charge in [-0.15, -0.1) is 0 Å². The fourth-order valence-corrected chi connectivity index (χ4v) is 3.79. The molecule has 0 bridgehead atoms. The molecule has 0 spiro atoms. The summed E-state index contributed by atoms with van der Waals surface area (Å²) in [6.45, 7) is 2.90. The number of amides is 4. The van der Waals surface area contributed by atoms with Gasteiger partial charge in [-0.3, -0.25) is 9.59 Å². The highest BCUT2D eigenvalue weighted by atomic mass is 19.1. The quantitative estimate of drug-likeness (QED) is 0.552. The first-order chi connectivity index (χ1) is 15.3. The number of imide groups is 1. The molecule has 4 amide bonds. The Morgan fingerprint density at radius 2 is 1.81 bits per heavy atom. The van der Waals surface area contributed by atoms with E-state index in [4.69, 9.17) is 0 Å². The first-order valence-electron chi connectivity index (χ1n) is 10.3. The Bertz CT molecular complexity index is 1110. The van der Waals surface area contributed by atoms with Crippen molar-refractivity contribution in [3.05, 3.63) is 64.9 Å². The van der Waals surface area contributed by atoms with Gasteiger partial charge in [-0.05, 0) is 73.4 Å². The normalized spacial score (nSPS) is 17.3. The van der Waals surface area contributed by atoms with Gasteiger partial charge in [0, 0.05) is 18.8 Å². The number of hydrogen-bond acceptors (Lipinski definition) is 4. The van der Waals surface area contributed by atoms with Gasteiger partial charge in [0.25, 0.3) is 5.91 Å². The molecule has 2 aromatic rings. The second-order valence-corrected chi connectivity index (χ2v) is 7.79. The van der Waals surface area contributed by atoms with E-state index >= 15 is 0 Å². The van der Waals surface area contributed by atoms with Crippen LogP contribution in [0.5, 0.6) is 0 Å². The van der Waals surface area contributed by atoms with Crippen molar-refractivity contribution < 1.29 is 23.2 Å². The minimum Gasteiger partial charge on any atom is -0.369 e. The number of anilines is 2. The Balaban J connectivity index is 1.47. The molecule has 2 aromatic carbocycles. The van der Waals surface area contributed by atoms with Crippen molar-refractivity contribution in [2.24, 2.45) is 0 Å². The van der Waals surface area contributed by atoms with Gasteiger partial charge in [0.15, 0.2) is 0 Å². The largest absolute Gasteiger partial charge is 0.369 e. The highest BCUT2D eigenvalue weighted by molar-refractivity contribution is 6.16. The molecule has 32 heavy (non-hydrogen) atoms. The third kappa shape index (κ3) is 4.46. The molecule has 9 heteroatoms. The highest BCUT2D eigenvalue weighted by Crippen LogP contribution is 2.28. The summed E-state index contributed by atoms with van der Waals surface area (Å²) in [5, 5.41) is 4.93.